The Labute approximate surface area is 125 Å². The zero-order valence-electron chi connectivity index (χ0n) is 13.0. The van der Waals surface area contributed by atoms with Gasteiger partial charge in [-0.25, -0.2) is 0 Å². The highest BCUT2D eigenvalue weighted by molar-refractivity contribution is 5.99. The number of nitro benzene ring substituents is 1. The fraction of sp³-hybridized carbons (Fsp3) is 0.533. The summed E-state index contributed by atoms with van der Waals surface area (Å²) in [4.78, 5) is 24.6. The first-order valence-corrected chi connectivity index (χ1v) is 7.14. The van der Waals surface area contributed by atoms with Crippen molar-refractivity contribution in [2.24, 2.45) is 5.92 Å². The van der Waals surface area contributed by atoms with Crippen LogP contribution in [0.15, 0.2) is 18.2 Å². The molecule has 1 N–H and O–H groups in total. The topological polar surface area (TPSA) is 75.5 Å². The van der Waals surface area contributed by atoms with Gasteiger partial charge in [0.05, 0.1) is 4.92 Å². The van der Waals surface area contributed by atoms with E-state index in [1.54, 1.807) is 19.2 Å². The second-order valence-corrected chi connectivity index (χ2v) is 5.43. The molecule has 0 heterocycles. The molecular weight excluding hydrogens is 270 g/mol. The molecule has 21 heavy (non-hydrogen) atoms. The Hall–Kier alpha value is -2.11. The van der Waals surface area contributed by atoms with Crippen molar-refractivity contribution in [2.75, 3.05) is 25.5 Å². The number of anilines is 1. The molecule has 0 unspecified atom stereocenters. The fourth-order valence-electron chi connectivity index (χ4n) is 1.94. The highest BCUT2D eigenvalue weighted by atomic mass is 16.6. The maximum atomic E-state index is 12.4. The van der Waals surface area contributed by atoms with Gasteiger partial charge in [0.25, 0.3) is 11.6 Å². The molecule has 0 aliphatic carbocycles. The first kappa shape index (κ1) is 16.9. The molecule has 1 rings (SSSR count). The lowest BCUT2D eigenvalue weighted by Crippen LogP contribution is -2.29. The molecule has 0 aliphatic rings. The van der Waals surface area contributed by atoms with Crippen molar-refractivity contribution in [1.29, 1.82) is 0 Å². The van der Waals surface area contributed by atoms with Crippen LogP contribution >= 0.6 is 0 Å². The van der Waals surface area contributed by atoms with Crippen molar-refractivity contribution in [1.82, 2.24) is 4.90 Å². The van der Waals surface area contributed by atoms with Gasteiger partial charge in [0.2, 0.25) is 0 Å². The summed E-state index contributed by atoms with van der Waals surface area (Å²) in [6.07, 6.45) is 0.864. The summed E-state index contributed by atoms with van der Waals surface area (Å²) < 4.78 is 0. The summed E-state index contributed by atoms with van der Waals surface area (Å²) in [5.41, 5.74) is 0.687. The Balaban J connectivity index is 3.04. The highest BCUT2D eigenvalue weighted by Gasteiger charge is 2.23. The van der Waals surface area contributed by atoms with Gasteiger partial charge in [0.15, 0.2) is 0 Å². The number of nitrogens with one attached hydrogen (secondary N) is 1. The molecule has 116 valence electrons. The Bertz CT molecular complexity index is 515. The Morgan fingerprint density at radius 2 is 2.10 bits per heavy atom. The summed E-state index contributed by atoms with van der Waals surface area (Å²) in [6.45, 7) is 7.35. The van der Waals surface area contributed by atoms with Crippen LogP contribution in [0.5, 0.6) is 0 Å². The van der Waals surface area contributed by atoms with Gasteiger partial charge in [-0.2, -0.15) is 0 Å². The molecule has 6 nitrogen and oxygen atoms in total. The summed E-state index contributed by atoms with van der Waals surface area (Å²) in [5, 5.41) is 14.2. The van der Waals surface area contributed by atoms with Gasteiger partial charge in [-0.05, 0) is 31.4 Å². The first-order valence-electron chi connectivity index (χ1n) is 7.14. The van der Waals surface area contributed by atoms with Crippen molar-refractivity contribution in [3.8, 4) is 0 Å². The summed E-state index contributed by atoms with van der Waals surface area (Å²) in [5.74, 6) is 0.158. The molecule has 6 heteroatoms. The van der Waals surface area contributed by atoms with E-state index in [1.807, 2.05) is 6.92 Å². The summed E-state index contributed by atoms with van der Waals surface area (Å²) in [6, 6.07) is 4.55. The van der Waals surface area contributed by atoms with Gasteiger partial charge in [-0.15, -0.1) is 0 Å². The third kappa shape index (κ3) is 4.73. The van der Waals surface area contributed by atoms with Gasteiger partial charge >= 0.3 is 0 Å². The van der Waals surface area contributed by atoms with E-state index < -0.39 is 4.92 Å². The number of amides is 1. The minimum Gasteiger partial charge on any atom is -0.385 e. The van der Waals surface area contributed by atoms with Crippen molar-refractivity contribution in [3.05, 3.63) is 33.9 Å². The van der Waals surface area contributed by atoms with Crippen molar-refractivity contribution >= 4 is 17.3 Å². The number of carbonyl (C=O) groups excluding carboxylic acids is 1. The van der Waals surface area contributed by atoms with E-state index in [0.717, 1.165) is 6.42 Å². The van der Waals surface area contributed by atoms with Gasteiger partial charge < -0.3 is 10.2 Å². The lowest BCUT2D eigenvalue weighted by molar-refractivity contribution is -0.385. The lowest BCUT2D eigenvalue weighted by Gasteiger charge is -2.18. The molecule has 0 fully saturated rings. The number of nitrogens with zero attached hydrogens (tertiary/aromatic N) is 2. The van der Waals surface area contributed by atoms with Crippen LogP contribution in [-0.4, -0.2) is 35.9 Å². The lowest BCUT2D eigenvalue weighted by atomic mass is 10.1. The summed E-state index contributed by atoms with van der Waals surface area (Å²) in [7, 11) is 1.67. The van der Waals surface area contributed by atoms with Gasteiger partial charge in [-0.3, -0.25) is 14.9 Å². The number of hydrogen-bond acceptors (Lipinski definition) is 4. The zero-order chi connectivity index (χ0) is 16.0. The van der Waals surface area contributed by atoms with E-state index in [-0.39, 0.29) is 17.2 Å². The molecule has 0 saturated heterocycles. The van der Waals surface area contributed by atoms with Crippen LogP contribution in [0.25, 0.3) is 0 Å². The Kier molecular flexibility index (Phi) is 6.14. The number of carbonyl (C=O) groups is 1. The molecule has 1 aromatic rings. The highest BCUT2D eigenvalue weighted by Crippen LogP contribution is 2.24. The third-order valence-corrected chi connectivity index (χ3v) is 3.19. The number of rotatable bonds is 7. The zero-order valence-corrected chi connectivity index (χ0v) is 13.0. The van der Waals surface area contributed by atoms with Crippen LogP contribution in [-0.2, 0) is 0 Å². The number of benzene rings is 1. The van der Waals surface area contributed by atoms with Crippen molar-refractivity contribution in [2.45, 2.75) is 27.2 Å². The molecule has 0 aliphatic heterocycles. The van der Waals surface area contributed by atoms with Crippen LogP contribution in [0, 0.1) is 16.0 Å². The van der Waals surface area contributed by atoms with Crippen LogP contribution < -0.4 is 5.32 Å². The average molecular weight is 293 g/mol. The molecule has 1 aromatic carbocycles. The van der Waals surface area contributed by atoms with Crippen LogP contribution in [0.2, 0.25) is 0 Å². The minimum atomic E-state index is -0.515. The predicted octanol–water partition coefficient (Wildman–Crippen LogP) is 3.14. The maximum Gasteiger partial charge on any atom is 0.282 e. The van der Waals surface area contributed by atoms with Gasteiger partial charge in [0, 0.05) is 31.9 Å². The Morgan fingerprint density at radius 1 is 1.43 bits per heavy atom. The van der Waals surface area contributed by atoms with Gasteiger partial charge in [-0.1, -0.05) is 13.8 Å². The fourth-order valence-corrected chi connectivity index (χ4v) is 1.94. The van der Waals surface area contributed by atoms with E-state index in [0.29, 0.717) is 24.7 Å². The van der Waals surface area contributed by atoms with Crippen molar-refractivity contribution < 1.29 is 9.72 Å². The van der Waals surface area contributed by atoms with E-state index in [4.69, 9.17) is 0 Å². The third-order valence-electron chi connectivity index (χ3n) is 3.19. The number of nitro groups is 1. The van der Waals surface area contributed by atoms with E-state index >= 15 is 0 Å². The molecule has 0 aromatic heterocycles. The monoisotopic (exact) mass is 293 g/mol. The predicted molar refractivity (Wildman–Crippen MR) is 83.7 cm³/mol. The smallest absolute Gasteiger partial charge is 0.282 e. The van der Waals surface area contributed by atoms with Crippen molar-refractivity contribution in [3.63, 3.8) is 0 Å². The molecule has 0 atom stereocenters. The Morgan fingerprint density at radius 3 is 2.62 bits per heavy atom. The summed E-state index contributed by atoms with van der Waals surface area (Å²) >= 11 is 0. The number of hydrogen-bond donors (Lipinski definition) is 1. The van der Waals surface area contributed by atoms with Crippen LogP contribution in [0.1, 0.15) is 37.6 Å². The van der Waals surface area contributed by atoms with Crippen LogP contribution in [0.4, 0.5) is 11.4 Å². The molecular formula is C15H23N3O3. The first-order chi connectivity index (χ1) is 9.86. The van der Waals surface area contributed by atoms with E-state index in [1.165, 1.54) is 11.0 Å². The standard InChI is InChI=1S/C15H23N3O3/c1-5-16-12-6-7-14(18(20)21)13(10-12)15(19)17(4)9-8-11(2)3/h6-7,10-11,16H,5,8-9H2,1-4H3. The largest absolute Gasteiger partial charge is 0.385 e. The molecule has 0 bridgehead atoms. The normalized spacial score (nSPS) is 10.5. The SMILES string of the molecule is CCNc1ccc([N+](=O)[O-])c(C(=O)N(C)CCC(C)C)c1. The molecule has 0 radical (unpaired) electrons. The average Bonchev–Trinajstić information content (AvgIpc) is 2.43. The van der Waals surface area contributed by atoms with E-state index in [9.17, 15) is 14.9 Å². The quantitative estimate of drug-likeness (QED) is 0.619. The maximum absolute atomic E-state index is 12.4. The molecule has 0 spiro atoms. The van der Waals surface area contributed by atoms with Gasteiger partial charge in [0.1, 0.15) is 5.56 Å². The molecule has 1 amide bonds. The van der Waals surface area contributed by atoms with Crippen LogP contribution in [0.3, 0.4) is 0 Å². The molecule has 0 saturated carbocycles. The van der Waals surface area contributed by atoms with E-state index in [2.05, 4.69) is 19.2 Å². The second-order valence-electron chi connectivity index (χ2n) is 5.43. The second kappa shape index (κ2) is 7.61. The minimum absolute atomic E-state index is 0.129.